The zero-order valence-electron chi connectivity index (χ0n) is 16.6. The fourth-order valence-electron chi connectivity index (χ4n) is 3.24. The highest BCUT2D eigenvalue weighted by molar-refractivity contribution is 14.0. The van der Waals surface area contributed by atoms with Gasteiger partial charge in [-0.1, -0.05) is 18.6 Å². The summed E-state index contributed by atoms with van der Waals surface area (Å²) >= 11 is 0. The van der Waals surface area contributed by atoms with Crippen molar-refractivity contribution in [1.82, 2.24) is 15.5 Å². The fraction of sp³-hybridized carbons (Fsp3) is 0.600. The number of morpholine rings is 1. The third-order valence-electron chi connectivity index (χ3n) is 5.18. The van der Waals surface area contributed by atoms with E-state index >= 15 is 0 Å². The monoisotopic (exact) mass is 501 g/mol. The molecule has 0 unspecified atom stereocenters. The number of carbonyl (C=O) groups excluding carboxylic acids is 1. The van der Waals surface area contributed by atoms with E-state index < -0.39 is 0 Å². The van der Waals surface area contributed by atoms with Gasteiger partial charge in [-0.25, -0.2) is 0 Å². The molecule has 0 radical (unpaired) electrons. The molecule has 28 heavy (non-hydrogen) atoms. The second-order valence-electron chi connectivity index (χ2n) is 7.12. The summed E-state index contributed by atoms with van der Waals surface area (Å²) < 4.78 is 5.37. The van der Waals surface area contributed by atoms with Gasteiger partial charge in [0.2, 0.25) is 5.91 Å². The van der Waals surface area contributed by atoms with Gasteiger partial charge in [0.15, 0.2) is 5.96 Å². The van der Waals surface area contributed by atoms with Crippen molar-refractivity contribution < 1.29 is 9.53 Å². The lowest BCUT2D eigenvalue weighted by Crippen LogP contribution is -2.44. The summed E-state index contributed by atoms with van der Waals surface area (Å²) in [6.07, 6.45) is 3.19. The van der Waals surface area contributed by atoms with Crippen LogP contribution in [0.1, 0.15) is 24.8 Å². The lowest BCUT2D eigenvalue weighted by Gasteiger charge is -2.26. The van der Waals surface area contributed by atoms with E-state index in [1.54, 1.807) is 7.05 Å². The molecule has 3 N–H and O–H groups in total. The molecule has 0 aromatic heterocycles. The molecule has 8 heteroatoms. The standard InChI is InChI=1S/C20H31N5O2.HI/c1-21-20(22-8-9-25-10-12-27-13-11-25)23-15-16-4-2-7-18(14-16)24-19(26)17-5-3-6-17;/h2,4,7,14,17H,3,5-6,8-13,15H2,1H3,(H,24,26)(H2,21,22,23);1H. The molecule has 1 aromatic carbocycles. The predicted molar refractivity (Wildman–Crippen MR) is 123 cm³/mol. The number of guanidine groups is 1. The van der Waals surface area contributed by atoms with E-state index in [0.29, 0.717) is 6.54 Å². The van der Waals surface area contributed by atoms with Crippen LogP contribution in [0.5, 0.6) is 0 Å². The van der Waals surface area contributed by atoms with Crippen LogP contribution in [0.25, 0.3) is 0 Å². The van der Waals surface area contributed by atoms with Gasteiger partial charge in [-0.05, 0) is 30.5 Å². The molecule has 1 aliphatic carbocycles. The number of nitrogens with one attached hydrogen (secondary N) is 3. The fourth-order valence-corrected chi connectivity index (χ4v) is 3.24. The number of rotatable bonds is 7. The minimum Gasteiger partial charge on any atom is -0.379 e. The summed E-state index contributed by atoms with van der Waals surface area (Å²) in [7, 11) is 1.78. The number of halogens is 1. The maximum absolute atomic E-state index is 12.1. The van der Waals surface area contributed by atoms with Gasteiger partial charge in [-0.2, -0.15) is 0 Å². The van der Waals surface area contributed by atoms with Gasteiger partial charge < -0.3 is 20.7 Å². The first-order valence-corrected chi connectivity index (χ1v) is 9.89. The second kappa shape index (κ2) is 12.2. The molecule has 156 valence electrons. The molecule has 7 nitrogen and oxygen atoms in total. The number of amides is 1. The third kappa shape index (κ3) is 7.21. The first-order chi connectivity index (χ1) is 13.2. The predicted octanol–water partition coefficient (Wildman–Crippen LogP) is 2.04. The van der Waals surface area contributed by atoms with Gasteiger partial charge in [0.1, 0.15) is 0 Å². The van der Waals surface area contributed by atoms with E-state index in [1.165, 1.54) is 6.42 Å². The molecule has 0 spiro atoms. The van der Waals surface area contributed by atoms with Crippen molar-refractivity contribution in [2.45, 2.75) is 25.8 Å². The average Bonchev–Trinajstić information content (AvgIpc) is 2.64. The molecule has 2 aliphatic rings. The molecular formula is C20H32IN5O2. The van der Waals surface area contributed by atoms with Gasteiger partial charge in [0.05, 0.1) is 13.2 Å². The van der Waals surface area contributed by atoms with Gasteiger partial charge in [-0.3, -0.25) is 14.7 Å². The van der Waals surface area contributed by atoms with Crippen molar-refractivity contribution in [3.05, 3.63) is 29.8 Å². The van der Waals surface area contributed by atoms with E-state index in [9.17, 15) is 4.79 Å². The number of aliphatic imine (C=N–C) groups is 1. The Labute approximate surface area is 184 Å². The van der Waals surface area contributed by atoms with Crippen LogP contribution in [0.15, 0.2) is 29.3 Å². The Bertz CT molecular complexity index is 645. The number of hydrogen-bond donors (Lipinski definition) is 3. The van der Waals surface area contributed by atoms with E-state index in [0.717, 1.165) is 69.4 Å². The molecule has 1 heterocycles. The second-order valence-corrected chi connectivity index (χ2v) is 7.12. The summed E-state index contributed by atoms with van der Waals surface area (Å²) in [5.74, 6) is 1.13. The highest BCUT2D eigenvalue weighted by atomic mass is 127. The Morgan fingerprint density at radius 2 is 2.04 bits per heavy atom. The Kier molecular flexibility index (Phi) is 10.0. The number of ether oxygens (including phenoxy) is 1. The van der Waals surface area contributed by atoms with Gasteiger partial charge >= 0.3 is 0 Å². The van der Waals surface area contributed by atoms with Crippen molar-refractivity contribution in [1.29, 1.82) is 0 Å². The zero-order chi connectivity index (χ0) is 18.9. The molecule has 3 rings (SSSR count). The average molecular weight is 501 g/mol. The van der Waals surface area contributed by atoms with Crippen molar-refractivity contribution >= 4 is 41.5 Å². The largest absolute Gasteiger partial charge is 0.379 e. The number of hydrogen-bond acceptors (Lipinski definition) is 4. The van der Waals surface area contributed by atoms with E-state index in [2.05, 4.69) is 25.8 Å². The molecule has 1 saturated carbocycles. The lowest BCUT2D eigenvalue weighted by atomic mass is 9.85. The minimum atomic E-state index is 0. The van der Waals surface area contributed by atoms with Crippen LogP contribution < -0.4 is 16.0 Å². The smallest absolute Gasteiger partial charge is 0.227 e. The van der Waals surface area contributed by atoms with Crippen molar-refractivity contribution in [2.24, 2.45) is 10.9 Å². The first-order valence-electron chi connectivity index (χ1n) is 9.89. The molecule has 1 aliphatic heterocycles. The van der Waals surface area contributed by atoms with E-state index in [-0.39, 0.29) is 35.8 Å². The highest BCUT2D eigenvalue weighted by Gasteiger charge is 2.25. The summed E-state index contributed by atoms with van der Waals surface area (Å²) in [6, 6.07) is 7.98. The third-order valence-corrected chi connectivity index (χ3v) is 5.18. The molecule has 2 fully saturated rings. The van der Waals surface area contributed by atoms with Crippen LogP contribution in [0.2, 0.25) is 0 Å². The zero-order valence-corrected chi connectivity index (χ0v) is 18.9. The Balaban J connectivity index is 0.00000280. The molecule has 1 amide bonds. The molecule has 0 atom stereocenters. The summed E-state index contributed by atoms with van der Waals surface area (Å²) in [5.41, 5.74) is 1.97. The summed E-state index contributed by atoms with van der Waals surface area (Å²) in [5, 5.41) is 9.71. The first kappa shape index (κ1) is 22.9. The Hall–Kier alpha value is -1.39. The van der Waals surface area contributed by atoms with Gasteiger partial charge in [-0.15, -0.1) is 24.0 Å². The summed E-state index contributed by atoms with van der Waals surface area (Å²) in [4.78, 5) is 18.8. The number of nitrogens with zero attached hydrogens (tertiary/aromatic N) is 2. The van der Waals surface area contributed by atoms with Crippen molar-refractivity contribution in [2.75, 3.05) is 51.8 Å². The molecule has 1 aromatic rings. The Morgan fingerprint density at radius 1 is 1.25 bits per heavy atom. The van der Waals surface area contributed by atoms with Crippen LogP contribution in [0.4, 0.5) is 5.69 Å². The molecule has 1 saturated heterocycles. The maximum Gasteiger partial charge on any atom is 0.227 e. The normalized spacial score (nSPS) is 18.0. The highest BCUT2D eigenvalue weighted by Crippen LogP contribution is 2.27. The van der Waals surface area contributed by atoms with Crippen LogP contribution in [0.3, 0.4) is 0 Å². The topological polar surface area (TPSA) is 78.0 Å². The van der Waals surface area contributed by atoms with Gasteiger partial charge in [0.25, 0.3) is 0 Å². The SMILES string of the molecule is CN=C(NCCN1CCOCC1)NCc1cccc(NC(=O)C2CCC2)c1.I. The number of benzene rings is 1. The van der Waals surface area contributed by atoms with Crippen LogP contribution in [-0.4, -0.2) is 63.2 Å². The van der Waals surface area contributed by atoms with Crippen molar-refractivity contribution in [3.63, 3.8) is 0 Å². The van der Waals surface area contributed by atoms with Gasteiger partial charge in [0, 0.05) is 51.4 Å². The molecular weight excluding hydrogens is 469 g/mol. The lowest BCUT2D eigenvalue weighted by molar-refractivity contribution is -0.122. The summed E-state index contributed by atoms with van der Waals surface area (Å²) in [6.45, 7) is 6.11. The van der Waals surface area contributed by atoms with E-state index in [4.69, 9.17) is 4.74 Å². The van der Waals surface area contributed by atoms with Crippen molar-refractivity contribution in [3.8, 4) is 0 Å². The minimum absolute atomic E-state index is 0. The number of carbonyl (C=O) groups is 1. The maximum atomic E-state index is 12.1. The molecule has 0 bridgehead atoms. The van der Waals surface area contributed by atoms with E-state index in [1.807, 2.05) is 24.3 Å². The van der Waals surface area contributed by atoms with Crippen LogP contribution in [0, 0.1) is 5.92 Å². The number of anilines is 1. The van der Waals surface area contributed by atoms with Crippen LogP contribution in [-0.2, 0) is 16.1 Å². The van der Waals surface area contributed by atoms with Crippen LogP contribution >= 0.6 is 24.0 Å². The Morgan fingerprint density at radius 3 is 2.71 bits per heavy atom. The quantitative estimate of drug-likeness (QED) is 0.303.